The molecule has 0 bridgehead atoms. The first-order valence-corrected chi connectivity index (χ1v) is 2.94. The molecule has 0 saturated carbocycles. The van der Waals surface area contributed by atoms with Crippen molar-refractivity contribution in [2.24, 2.45) is 0 Å². The molecule has 1 N–H and O–H groups in total. The quantitative estimate of drug-likeness (QED) is 0.418. The first kappa shape index (κ1) is 23.0. The second-order valence-corrected chi connectivity index (χ2v) is 1.53. The third kappa shape index (κ3) is 1720. The summed E-state index contributed by atoms with van der Waals surface area (Å²) >= 11 is 0. The number of hydrogen-bond donors (Lipinski definition) is 1. The largest absolute Gasteiger partial charge is 2.00 e. The zero-order valence-corrected chi connectivity index (χ0v) is 10.9. The van der Waals surface area contributed by atoms with Crippen molar-refractivity contribution in [3.63, 3.8) is 0 Å². The summed E-state index contributed by atoms with van der Waals surface area (Å²) in [5.41, 5.74) is 0. The van der Waals surface area contributed by atoms with Crippen LogP contribution in [0.2, 0.25) is 0 Å². The molecule has 0 fully saturated rings. The number of carbonyl (C=O) groups is 3. The Balaban J connectivity index is -0.0000000522. The molecule has 14 heavy (non-hydrogen) atoms. The fourth-order valence-corrected chi connectivity index (χ4v) is 0. The van der Waals surface area contributed by atoms with Crippen LogP contribution in [0, 0.1) is 0 Å². The Labute approximate surface area is 94.0 Å². The maximum Gasteiger partial charge on any atom is 2.00 e. The van der Waals surface area contributed by atoms with Crippen LogP contribution >= 0.6 is 0 Å². The van der Waals surface area contributed by atoms with Gasteiger partial charge in [-0.3, -0.25) is 0 Å². The van der Waals surface area contributed by atoms with Crippen LogP contribution in [0.4, 0.5) is 0 Å². The van der Waals surface area contributed by atoms with Gasteiger partial charge >= 0.3 is 25.4 Å². The van der Waals surface area contributed by atoms with E-state index >= 15 is 0 Å². The molecule has 0 radical (unpaired) electrons. The first-order chi connectivity index (χ1) is 5.73. The summed E-state index contributed by atoms with van der Waals surface area (Å²) in [5.74, 6) is -3.15. The minimum atomic E-state index is -1.08. The summed E-state index contributed by atoms with van der Waals surface area (Å²) in [5, 5.41) is 25.4. The topological polar surface area (TPSA) is 118 Å². The minimum Gasteiger partial charge on any atom is -0.550 e. The van der Waals surface area contributed by atoms with Crippen LogP contribution in [-0.2, 0) is 33.9 Å². The predicted octanol–water partition coefficient (Wildman–Crippen LogP) is -2.23. The SMILES string of the molecule is C=CC(=O)O.CC(=O)[O-].CC(=O)[O-].[Zn+2]. The van der Waals surface area contributed by atoms with E-state index in [1.165, 1.54) is 0 Å². The van der Waals surface area contributed by atoms with E-state index in [-0.39, 0.29) is 19.5 Å². The molecule has 0 heterocycles. The normalized spacial score (nSPS) is 5.86. The van der Waals surface area contributed by atoms with E-state index in [0.29, 0.717) is 0 Å². The van der Waals surface area contributed by atoms with Gasteiger partial charge in [0.25, 0.3) is 0 Å². The summed E-state index contributed by atoms with van der Waals surface area (Å²) in [6.07, 6.45) is 0.833. The van der Waals surface area contributed by atoms with Crippen molar-refractivity contribution < 1.29 is 49.2 Å². The van der Waals surface area contributed by atoms with Crippen molar-refractivity contribution in [1.29, 1.82) is 0 Å². The number of aliphatic carboxylic acids is 3. The monoisotopic (exact) mass is 254 g/mol. The van der Waals surface area contributed by atoms with Crippen LogP contribution in [0.3, 0.4) is 0 Å². The molecule has 0 amide bonds. The maximum absolute atomic E-state index is 9.25. The molecule has 0 atom stereocenters. The minimum absolute atomic E-state index is 0. The van der Waals surface area contributed by atoms with Crippen molar-refractivity contribution in [2.45, 2.75) is 13.8 Å². The van der Waals surface area contributed by atoms with Crippen LogP contribution in [0.1, 0.15) is 13.8 Å². The van der Waals surface area contributed by atoms with E-state index in [4.69, 9.17) is 24.9 Å². The van der Waals surface area contributed by atoms with Crippen molar-refractivity contribution in [3.05, 3.63) is 12.7 Å². The number of carboxylic acid groups (broad SMARTS) is 3. The average Bonchev–Trinajstić information content (AvgIpc) is 1.84. The molecular weight excluding hydrogens is 245 g/mol. The summed E-state index contributed by atoms with van der Waals surface area (Å²) < 4.78 is 0. The van der Waals surface area contributed by atoms with Crippen LogP contribution in [-0.4, -0.2) is 23.0 Å². The number of hydrogen-bond acceptors (Lipinski definition) is 5. The van der Waals surface area contributed by atoms with Gasteiger partial charge in [-0.2, -0.15) is 0 Å². The molecule has 76 valence electrons. The summed E-state index contributed by atoms with van der Waals surface area (Å²) in [7, 11) is 0. The maximum atomic E-state index is 9.25. The molecule has 0 aromatic carbocycles. The molecule has 0 aliphatic heterocycles. The van der Waals surface area contributed by atoms with Gasteiger partial charge in [0.15, 0.2) is 0 Å². The second-order valence-electron chi connectivity index (χ2n) is 1.53. The van der Waals surface area contributed by atoms with Crippen LogP contribution in [0.5, 0.6) is 0 Å². The summed E-state index contributed by atoms with van der Waals surface area (Å²) in [6, 6.07) is 0. The number of rotatable bonds is 1. The van der Waals surface area contributed by atoms with Gasteiger partial charge in [-0.1, -0.05) is 6.58 Å². The average molecular weight is 256 g/mol. The fourth-order valence-electron chi connectivity index (χ4n) is 0. The molecular formula is C7H10O6Zn. The van der Waals surface area contributed by atoms with Gasteiger partial charge in [-0.05, 0) is 13.8 Å². The van der Waals surface area contributed by atoms with Crippen LogP contribution < -0.4 is 10.2 Å². The molecule has 0 aromatic heterocycles. The molecule has 0 aliphatic rings. The Morgan fingerprint density at radius 3 is 1.21 bits per heavy atom. The molecule has 0 rings (SSSR count). The van der Waals surface area contributed by atoms with Gasteiger partial charge in [0, 0.05) is 18.0 Å². The van der Waals surface area contributed by atoms with Crippen molar-refractivity contribution in [3.8, 4) is 0 Å². The third-order valence-corrected chi connectivity index (χ3v) is 0.175. The predicted molar refractivity (Wildman–Crippen MR) is 39.2 cm³/mol. The first-order valence-electron chi connectivity index (χ1n) is 2.94. The van der Waals surface area contributed by atoms with Gasteiger partial charge in [-0.25, -0.2) is 4.79 Å². The van der Waals surface area contributed by atoms with E-state index in [0.717, 1.165) is 19.9 Å². The fraction of sp³-hybridized carbons (Fsp3) is 0.286. The van der Waals surface area contributed by atoms with Gasteiger partial charge in [0.2, 0.25) is 0 Å². The van der Waals surface area contributed by atoms with E-state index in [1.807, 2.05) is 0 Å². The van der Waals surface area contributed by atoms with E-state index in [9.17, 15) is 4.79 Å². The summed E-state index contributed by atoms with van der Waals surface area (Å²) in [6.45, 7) is 4.91. The Morgan fingerprint density at radius 2 is 1.21 bits per heavy atom. The third-order valence-electron chi connectivity index (χ3n) is 0.175. The Bertz CT molecular complexity index is 169. The van der Waals surface area contributed by atoms with Crippen LogP contribution in [0.15, 0.2) is 12.7 Å². The Kier molecular flexibility index (Phi) is 29.2. The van der Waals surface area contributed by atoms with Gasteiger partial charge < -0.3 is 24.9 Å². The van der Waals surface area contributed by atoms with Gasteiger partial charge in [-0.15, -0.1) is 0 Å². The van der Waals surface area contributed by atoms with Crippen molar-refractivity contribution >= 4 is 17.9 Å². The second kappa shape index (κ2) is 17.8. The zero-order valence-electron chi connectivity index (χ0n) is 7.98. The smallest absolute Gasteiger partial charge is 0.550 e. The van der Waals surface area contributed by atoms with E-state index < -0.39 is 17.9 Å². The van der Waals surface area contributed by atoms with Gasteiger partial charge in [0.1, 0.15) is 0 Å². The standard InChI is InChI=1S/C3H4O2.2C2H4O2.Zn/c1-2-3(4)5;2*1-2(3)4;/h2H,1H2,(H,4,5);2*1H3,(H,3,4);/q;;;+2/p-2. The molecule has 6 nitrogen and oxygen atoms in total. The number of carboxylic acids is 3. The number of carbonyl (C=O) groups excluding carboxylic acids is 2. The summed E-state index contributed by atoms with van der Waals surface area (Å²) in [4.78, 5) is 27.0. The van der Waals surface area contributed by atoms with Crippen molar-refractivity contribution in [2.75, 3.05) is 0 Å². The van der Waals surface area contributed by atoms with Crippen molar-refractivity contribution in [1.82, 2.24) is 0 Å². The molecule has 0 spiro atoms. The molecule has 0 aliphatic carbocycles. The van der Waals surface area contributed by atoms with E-state index in [2.05, 4.69) is 6.58 Å². The van der Waals surface area contributed by atoms with E-state index in [1.54, 1.807) is 0 Å². The Hall–Kier alpha value is -1.23. The molecule has 0 unspecified atom stereocenters. The molecule has 0 saturated heterocycles. The zero-order chi connectivity index (χ0) is 11.4. The Morgan fingerprint density at radius 1 is 1.14 bits per heavy atom. The van der Waals surface area contributed by atoms with Gasteiger partial charge in [0.05, 0.1) is 0 Å². The molecule has 7 heteroatoms. The van der Waals surface area contributed by atoms with Crippen LogP contribution in [0.25, 0.3) is 0 Å². The molecule has 0 aromatic rings.